The van der Waals surface area contributed by atoms with Crippen LogP contribution in [0, 0.1) is 6.92 Å². The molecule has 6 heteroatoms. The van der Waals surface area contributed by atoms with E-state index in [4.69, 9.17) is 4.42 Å². The summed E-state index contributed by atoms with van der Waals surface area (Å²) >= 11 is 1.36. The largest absolute Gasteiger partial charge is 0.453 e. The smallest absolute Gasteiger partial charge is 0.208 e. The molecule has 3 rings (SSSR count). The van der Waals surface area contributed by atoms with Gasteiger partial charge in [-0.05, 0) is 19.1 Å². The second kappa shape index (κ2) is 5.13. The van der Waals surface area contributed by atoms with Crippen LogP contribution in [0.3, 0.4) is 0 Å². The molecule has 0 atom stereocenters. The number of rotatable bonds is 4. The number of Topliss-reactive ketones (excluding diaryl/α,β-unsaturated/α-hetero) is 1. The van der Waals surface area contributed by atoms with Crippen LogP contribution in [0.25, 0.3) is 11.0 Å². The number of hydrogen-bond donors (Lipinski definition) is 0. The topological polar surface area (TPSA) is 60.9 Å². The molecule has 0 N–H and O–H groups in total. The van der Waals surface area contributed by atoms with Crippen molar-refractivity contribution < 1.29 is 9.21 Å². The van der Waals surface area contributed by atoms with Gasteiger partial charge in [-0.15, -0.1) is 10.2 Å². The highest BCUT2D eigenvalue weighted by Crippen LogP contribution is 2.22. The number of aryl methyl sites for hydroxylation is 1. The Hall–Kier alpha value is -2.08. The first-order valence-corrected chi connectivity index (χ1v) is 7.14. The molecular weight excluding hydrogens is 274 g/mol. The molecule has 102 valence electrons. The Kier molecular flexibility index (Phi) is 3.31. The van der Waals surface area contributed by atoms with Crippen LogP contribution in [0.15, 0.2) is 39.9 Å². The summed E-state index contributed by atoms with van der Waals surface area (Å²) in [5, 5.41) is 9.64. The lowest BCUT2D eigenvalue weighted by atomic mass is 10.2. The number of fused-ring (bicyclic) bond motifs is 1. The normalized spacial score (nSPS) is 11.1. The fourth-order valence-electron chi connectivity index (χ4n) is 1.83. The maximum atomic E-state index is 12.1. The first-order chi connectivity index (χ1) is 9.65. The summed E-state index contributed by atoms with van der Waals surface area (Å²) < 4.78 is 7.41. The van der Waals surface area contributed by atoms with Crippen molar-refractivity contribution in [3.63, 3.8) is 0 Å². The summed E-state index contributed by atoms with van der Waals surface area (Å²) in [5.41, 5.74) is 0.732. The van der Waals surface area contributed by atoms with Crippen molar-refractivity contribution in [3.8, 4) is 0 Å². The molecule has 2 heterocycles. The van der Waals surface area contributed by atoms with E-state index in [0.717, 1.165) is 22.0 Å². The SMILES string of the molecule is Cc1nnc(SCC(=O)c2cc3ccccc3o2)n1C. The average Bonchev–Trinajstić information content (AvgIpc) is 3.02. The van der Waals surface area contributed by atoms with E-state index in [9.17, 15) is 4.79 Å². The summed E-state index contributed by atoms with van der Waals surface area (Å²) in [6, 6.07) is 9.36. The minimum absolute atomic E-state index is 0.0492. The van der Waals surface area contributed by atoms with Gasteiger partial charge in [0.15, 0.2) is 10.9 Å². The number of aromatic nitrogens is 3. The molecule has 0 fully saturated rings. The van der Waals surface area contributed by atoms with E-state index in [-0.39, 0.29) is 11.5 Å². The van der Waals surface area contributed by atoms with E-state index in [1.807, 2.05) is 42.8 Å². The van der Waals surface area contributed by atoms with Gasteiger partial charge < -0.3 is 8.98 Å². The Morgan fingerprint density at radius 1 is 1.35 bits per heavy atom. The molecule has 0 bridgehead atoms. The Bertz CT molecular complexity index is 743. The second-order valence-corrected chi connectivity index (χ2v) is 5.39. The minimum atomic E-state index is -0.0492. The van der Waals surface area contributed by atoms with Gasteiger partial charge in [0.05, 0.1) is 5.75 Å². The third-order valence-electron chi connectivity index (χ3n) is 3.09. The first kappa shape index (κ1) is 12.9. The number of carbonyl (C=O) groups excluding carboxylic acids is 1. The lowest BCUT2D eigenvalue weighted by Gasteiger charge is -1.99. The van der Waals surface area contributed by atoms with Crippen LogP contribution in [0.5, 0.6) is 0 Å². The van der Waals surface area contributed by atoms with Crippen molar-refractivity contribution in [1.82, 2.24) is 14.8 Å². The molecule has 0 aliphatic carbocycles. The van der Waals surface area contributed by atoms with Crippen LogP contribution >= 0.6 is 11.8 Å². The van der Waals surface area contributed by atoms with Gasteiger partial charge in [-0.3, -0.25) is 4.79 Å². The summed E-state index contributed by atoms with van der Waals surface area (Å²) in [6.45, 7) is 1.87. The van der Waals surface area contributed by atoms with Crippen molar-refractivity contribution in [2.75, 3.05) is 5.75 Å². The van der Waals surface area contributed by atoms with Gasteiger partial charge in [0.2, 0.25) is 5.78 Å². The number of carbonyl (C=O) groups is 1. The molecule has 0 radical (unpaired) electrons. The molecule has 3 aromatic rings. The first-order valence-electron chi connectivity index (χ1n) is 6.16. The molecule has 1 aromatic carbocycles. The predicted molar refractivity (Wildman–Crippen MR) is 77.0 cm³/mol. The van der Waals surface area contributed by atoms with Crippen LogP contribution in [-0.4, -0.2) is 26.3 Å². The molecule has 0 saturated heterocycles. The van der Waals surface area contributed by atoms with Gasteiger partial charge in [-0.2, -0.15) is 0 Å². The summed E-state index contributed by atoms with van der Waals surface area (Å²) in [7, 11) is 1.88. The number of hydrogen-bond acceptors (Lipinski definition) is 5. The van der Waals surface area contributed by atoms with Crippen LogP contribution in [0.1, 0.15) is 16.4 Å². The van der Waals surface area contributed by atoms with Crippen molar-refractivity contribution in [3.05, 3.63) is 41.9 Å². The second-order valence-electron chi connectivity index (χ2n) is 4.45. The zero-order chi connectivity index (χ0) is 14.1. The van der Waals surface area contributed by atoms with E-state index in [1.165, 1.54) is 11.8 Å². The lowest BCUT2D eigenvalue weighted by Crippen LogP contribution is -2.02. The number of thioether (sulfide) groups is 1. The van der Waals surface area contributed by atoms with Gasteiger partial charge in [0.1, 0.15) is 11.4 Å². The van der Waals surface area contributed by atoms with Crippen LogP contribution in [0.4, 0.5) is 0 Å². The molecule has 0 saturated carbocycles. The van der Waals surface area contributed by atoms with Crippen LogP contribution in [-0.2, 0) is 7.05 Å². The van der Waals surface area contributed by atoms with E-state index in [2.05, 4.69) is 10.2 Å². The number of nitrogens with zero attached hydrogens (tertiary/aromatic N) is 3. The Labute approximate surface area is 120 Å². The maximum absolute atomic E-state index is 12.1. The highest BCUT2D eigenvalue weighted by atomic mass is 32.2. The fourth-order valence-corrected chi connectivity index (χ4v) is 2.66. The molecule has 2 aromatic heterocycles. The molecular formula is C14H13N3O2S. The molecule has 0 aliphatic rings. The number of para-hydroxylation sites is 1. The van der Waals surface area contributed by atoms with Gasteiger partial charge in [-0.1, -0.05) is 30.0 Å². The van der Waals surface area contributed by atoms with Gasteiger partial charge >= 0.3 is 0 Å². The summed E-state index contributed by atoms with van der Waals surface area (Å²) in [6.07, 6.45) is 0. The Morgan fingerprint density at radius 3 is 2.85 bits per heavy atom. The van der Waals surface area contributed by atoms with Gasteiger partial charge in [0, 0.05) is 12.4 Å². The summed E-state index contributed by atoms with van der Waals surface area (Å²) in [4.78, 5) is 12.1. The zero-order valence-electron chi connectivity index (χ0n) is 11.2. The lowest BCUT2D eigenvalue weighted by molar-refractivity contribution is 0.0994. The Balaban J connectivity index is 1.74. The van der Waals surface area contributed by atoms with Crippen molar-refractivity contribution in [1.29, 1.82) is 0 Å². The zero-order valence-corrected chi connectivity index (χ0v) is 12.0. The molecule has 0 spiro atoms. The van der Waals surface area contributed by atoms with Crippen LogP contribution in [0.2, 0.25) is 0 Å². The van der Waals surface area contributed by atoms with E-state index in [1.54, 1.807) is 6.07 Å². The van der Waals surface area contributed by atoms with Crippen LogP contribution < -0.4 is 0 Å². The monoisotopic (exact) mass is 287 g/mol. The molecule has 0 aliphatic heterocycles. The average molecular weight is 287 g/mol. The molecule has 0 unspecified atom stereocenters. The van der Waals surface area contributed by atoms with Crippen molar-refractivity contribution in [2.45, 2.75) is 12.1 Å². The standard InChI is InChI=1S/C14H13N3O2S/c1-9-15-16-14(17(9)2)20-8-11(18)13-7-10-5-3-4-6-12(10)19-13/h3-7H,8H2,1-2H3. The third kappa shape index (κ3) is 2.34. The van der Waals surface area contributed by atoms with Crippen molar-refractivity contribution in [2.24, 2.45) is 7.05 Å². The quantitative estimate of drug-likeness (QED) is 0.545. The highest BCUT2D eigenvalue weighted by Gasteiger charge is 2.14. The maximum Gasteiger partial charge on any atom is 0.208 e. The van der Waals surface area contributed by atoms with E-state index in [0.29, 0.717) is 5.76 Å². The predicted octanol–water partition coefficient (Wildman–Crippen LogP) is 2.84. The fraction of sp³-hybridized carbons (Fsp3) is 0.214. The van der Waals surface area contributed by atoms with Gasteiger partial charge in [0.25, 0.3) is 0 Å². The van der Waals surface area contributed by atoms with Gasteiger partial charge in [-0.25, -0.2) is 0 Å². The van der Waals surface area contributed by atoms with E-state index >= 15 is 0 Å². The molecule has 0 amide bonds. The Morgan fingerprint density at radius 2 is 2.15 bits per heavy atom. The summed E-state index contributed by atoms with van der Waals surface area (Å²) in [5.74, 6) is 1.44. The highest BCUT2D eigenvalue weighted by molar-refractivity contribution is 7.99. The number of benzene rings is 1. The molecule has 20 heavy (non-hydrogen) atoms. The third-order valence-corrected chi connectivity index (χ3v) is 4.11. The minimum Gasteiger partial charge on any atom is -0.453 e. The molecule has 5 nitrogen and oxygen atoms in total. The van der Waals surface area contributed by atoms with Crippen molar-refractivity contribution >= 4 is 28.5 Å². The van der Waals surface area contributed by atoms with E-state index < -0.39 is 0 Å². The number of furan rings is 1. The number of ketones is 1.